The van der Waals surface area contributed by atoms with Crippen molar-refractivity contribution in [2.24, 2.45) is 4.99 Å². The summed E-state index contributed by atoms with van der Waals surface area (Å²) in [5.74, 6) is 1.21. The highest BCUT2D eigenvalue weighted by atomic mass is 127. The molecule has 24 heavy (non-hydrogen) atoms. The van der Waals surface area contributed by atoms with Crippen molar-refractivity contribution in [1.82, 2.24) is 10.6 Å². The van der Waals surface area contributed by atoms with E-state index < -0.39 is 0 Å². The van der Waals surface area contributed by atoms with E-state index >= 15 is 0 Å². The molecule has 0 aliphatic carbocycles. The average Bonchev–Trinajstić information content (AvgIpc) is 2.54. The van der Waals surface area contributed by atoms with E-state index in [-0.39, 0.29) is 29.8 Å². The highest BCUT2D eigenvalue weighted by molar-refractivity contribution is 14.0. The average molecular weight is 508 g/mol. The van der Waals surface area contributed by atoms with E-state index in [2.05, 4.69) is 31.6 Å². The molecule has 2 aromatic rings. The molecule has 0 aliphatic rings. The van der Waals surface area contributed by atoms with Crippen molar-refractivity contribution in [3.8, 4) is 5.75 Å². The van der Waals surface area contributed by atoms with Crippen LogP contribution in [0.25, 0.3) is 0 Å². The van der Waals surface area contributed by atoms with Crippen LogP contribution in [0.4, 0.5) is 4.39 Å². The number of nitrogens with one attached hydrogen (secondary N) is 2. The van der Waals surface area contributed by atoms with Gasteiger partial charge in [-0.2, -0.15) is 0 Å². The van der Waals surface area contributed by atoms with Crippen molar-refractivity contribution in [1.29, 1.82) is 0 Å². The first-order valence-electron chi connectivity index (χ1n) is 7.13. The van der Waals surface area contributed by atoms with Crippen molar-refractivity contribution in [2.45, 2.75) is 13.1 Å². The summed E-state index contributed by atoms with van der Waals surface area (Å²) in [4.78, 5) is 4.16. The van der Waals surface area contributed by atoms with Crippen LogP contribution in [0.3, 0.4) is 0 Å². The van der Waals surface area contributed by atoms with Crippen LogP contribution in [0.2, 0.25) is 0 Å². The molecule has 4 nitrogen and oxygen atoms in total. The SMILES string of the molecule is CN=C(NCc1ccc(OC)cc1)NCc1cc(F)cc(Br)c1.I. The van der Waals surface area contributed by atoms with Gasteiger partial charge in [-0.15, -0.1) is 24.0 Å². The summed E-state index contributed by atoms with van der Waals surface area (Å²) in [5, 5.41) is 6.37. The van der Waals surface area contributed by atoms with Crippen molar-refractivity contribution in [3.05, 3.63) is 63.9 Å². The molecule has 0 radical (unpaired) electrons. The number of ether oxygens (including phenoxy) is 1. The molecule has 0 bridgehead atoms. The van der Waals surface area contributed by atoms with E-state index in [1.807, 2.05) is 30.3 Å². The molecule has 2 rings (SSSR count). The van der Waals surface area contributed by atoms with E-state index in [1.165, 1.54) is 12.1 Å². The smallest absolute Gasteiger partial charge is 0.191 e. The van der Waals surface area contributed by atoms with Crippen molar-refractivity contribution in [2.75, 3.05) is 14.2 Å². The highest BCUT2D eigenvalue weighted by Crippen LogP contribution is 2.14. The van der Waals surface area contributed by atoms with Crippen LogP contribution in [0.15, 0.2) is 51.9 Å². The summed E-state index contributed by atoms with van der Waals surface area (Å²) in [5.41, 5.74) is 1.95. The summed E-state index contributed by atoms with van der Waals surface area (Å²) in [7, 11) is 3.34. The Morgan fingerprint density at radius 1 is 1.08 bits per heavy atom. The number of hydrogen-bond acceptors (Lipinski definition) is 2. The third-order valence-electron chi connectivity index (χ3n) is 3.22. The predicted molar refractivity (Wildman–Crippen MR) is 110 cm³/mol. The Kier molecular flexibility index (Phi) is 9.05. The van der Waals surface area contributed by atoms with Crippen molar-refractivity contribution in [3.63, 3.8) is 0 Å². The first-order chi connectivity index (χ1) is 11.1. The Hall–Kier alpha value is -1.35. The normalized spacial score (nSPS) is 10.8. The molecule has 2 N–H and O–H groups in total. The molecule has 0 saturated carbocycles. The van der Waals surface area contributed by atoms with Gasteiger partial charge < -0.3 is 15.4 Å². The fraction of sp³-hybridized carbons (Fsp3) is 0.235. The summed E-state index contributed by atoms with van der Waals surface area (Å²) >= 11 is 3.29. The molecule has 0 spiro atoms. The maximum absolute atomic E-state index is 13.4. The van der Waals surface area contributed by atoms with Crippen LogP contribution < -0.4 is 15.4 Å². The van der Waals surface area contributed by atoms with Crippen molar-refractivity contribution < 1.29 is 9.13 Å². The molecule has 7 heteroatoms. The van der Waals surface area contributed by atoms with Crippen LogP contribution in [0.1, 0.15) is 11.1 Å². The fourth-order valence-electron chi connectivity index (χ4n) is 2.05. The second-order valence-corrected chi connectivity index (χ2v) is 5.82. The van der Waals surface area contributed by atoms with Crippen LogP contribution in [0, 0.1) is 5.82 Å². The van der Waals surface area contributed by atoms with Crippen LogP contribution in [-0.2, 0) is 13.1 Å². The minimum atomic E-state index is -0.266. The number of aliphatic imine (C=N–C) groups is 1. The lowest BCUT2D eigenvalue weighted by Gasteiger charge is -2.12. The van der Waals surface area contributed by atoms with Gasteiger partial charge in [0.2, 0.25) is 0 Å². The standard InChI is InChI=1S/C17H19BrFN3O.HI/c1-20-17(21-10-12-3-5-16(23-2)6-4-12)22-11-13-7-14(18)9-15(19)8-13;/h3-9H,10-11H2,1-2H3,(H2,20,21,22);1H. The van der Waals surface area contributed by atoms with E-state index in [4.69, 9.17) is 4.74 Å². The predicted octanol–water partition coefficient (Wildman–Crippen LogP) is 4.08. The Morgan fingerprint density at radius 3 is 2.25 bits per heavy atom. The van der Waals surface area contributed by atoms with Crippen LogP contribution >= 0.6 is 39.9 Å². The van der Waals surface area contributed by atoms with Gasteiger partial charge in [0.1, 0.15) is 11.6 Å². The first-order valence-corrected chi connectivity index (χ1v) is 7.92. The second kappa shape index (κ2) is 10.5. The van der Waals surface area contributed by atoms with Gasteiger partial charge in [0.05, 0.1) is 7.11 Å². The molecule has 0 aromatic heterocycles. The summed E-state index contributed by atoms with van der Waals surface area (Å²) in [6.45, 7) is 1.12. The second-order valence-electron chi connectivity index (χ2n) is 4.91. The van der Waals surface area contributed by atoms with Gasteiger partial charge in [-0.3, -0.25) is 4.99 Å². The number of nitrogens with zero attached hydrogens (tertiary/aromatic N) is 1. The lowest BCUT2D eigenvalue weighted by molar-refractivity contribution is 0.414. The molecule has 0 saturated heterocycles. The number of guanidine groups is 1. The third kappa shape index (κ3) is 6.64. The molecule has 0 heterocycles. The quantitative estimate of drug-likeness (QED) is 0.364. The fourth-order valence-corrected chi connectivity index (χ4v) is 2.56. The lowest BCUT2D eigenvalue weighted by Crippen LogP contribution is -2.36. The van der Waals surface area contributed by atoms with Gasteiger partial charge in [-0.1, -0.05) is 28.1 Å². The van der Waals surface area contributed by atoms with Crippen molar-refractivity contribution >= 4 is 45.9 Å². The molecule has 0 fully saturated rings. The topological polar surface area (TPSA) is 45.7 Å². The summed E-state index contributed by atoms with van der Waals surface area (Å²) in [6.07, 6.45) is 0. The lowest BCUT2D eigenvalue weighted by atomic mass is 10.2. The van der Waals surface area contributed by atoms with E-state index in [0.717, 1.165) is 21.3 Å². The van der Waals surface area contributed by atoms with Gasteiger partial charge in [-0.05, 0) is 41.5 Å². The van der Waals surface area contributed by atoms with E-state index in [0.29, 0.717) is 19.0 Å². The molecule has 0 atom stereocenters. The molecular weight excluding hydrogens is 488 g/mol. The van der Waals surface area contributed by atoms with Gasteiger partial charge in [0.15, 0.2) is 5.96 Å². The Bertz CT molecular complexity index is 660. The molecule has 130 valence electrons. The van der Waals surface area contributed by atoms with E-state index in [9.17, 15) is 4.39 Å². The number of hydrogen-bond donors (Lipinski definition) is 2. The first kappa shape index (κ1) is 20.7. The number of methoxy groups -OCH3 is 1. The largest absolute Gasteiger partial charge is 0.497 e. The highest BCUT2D eigenvalue weighted by Gasteiger charge is 2.02. The monoisotopic (exact) mass is 507 g/mol. The van der Waals surface area contributed by atoms with Gasteiger partial charge in [-0.25, -0.2) is 4.39 Å². The Labute approximate surface area is 167 Å². The zero-order valence-electron chi connectivity index (χ0n) is 13.5. The maximum Gasteiger partial charge on any atom is 0.191 e. The van der Waals surface area contributed by atoms with E-state index in [1.54, 1.807) is 14.2 Å². The number of benzene rings is 2. The van der Waals surface area contributed by atoms with Crippen LogP contribution in [-0.4, -0.2) is 20.1 Å². The molecule has 0 amide bonds. The molecular formula is C17H20BrFIN3O. The van der Waals surface area contributed by atoms with Crippen LogP contribution in [0.5, 0.6) is 5.75 Å². The minimum absolute atomic E-state index is 0. The number of halogens is 3. The number of rotatable bonds is 5. The Balaban J connectivity index is 0.00000288. The summed E-state index contributed by atoms with van der Waals surface area (Å²) < 4.78 is 19.2. The maximum atomic E-state index is 13.4. The Morgan fingerprint density at radius 2 is 1.71 bits per heavy atom. The zero-order chi connectivity index (χ0) is 16.7. The zero-order valence-corrected chi connectivity index (χ0v) is 17.4. The van der Waals surface area contributed by atoms with Gasteiger partial charge in [0.25, 0.3) is 0 Å². The van der Waals surface area contributed by atoms with Gasteiger partial charge in [0, 0.05) is 24.6 Å². The summed E-state index contributed by atoms with van der Waals surface area (Å²) in [6, 6.07) is 12.6. The minimum Gasteiger partial charge on any atom is -0.497 e. The molecule has 2 aromatic carbocycles. The molecule has 0 unspecified atom stereocenters. The third-order valence-corrected chi connectivity index (χ3v) is 3.68. The molecule has 0 aliphatic heterocycles. The van der Waals surface area contributed by atoms with Gasteiger partial charge >= 0.3 is 0 Å².